The number of methoxy groups -OCH3 is 1. The van der Waals surface area contributed by atoms with Crippen molar-refractivity contribution in [3.8, 4) is 11.4 Å². The van der Waals surface area contributed by atoms with Crippen LogP contribution in [0.2, 0.25) is 18.1 Å². The highest BCUT2D eigenvalue weighted by Crippen LogP contribution is 2.37. The Hall–Kier alpha value is -3.56. The molecule has 2 aromatic heterocycles. The van der Waals surface area contributed by atoms with Crippen LogP contribution in [0.1, 0.15) is 26.3 Å². The lowest BCUT2D eigenvalue weighted by molar-refractivity contribution is 0.297. The number of hydrogen-bond donors (Lipinski definition) is 0. The lowest BCUT2D eigenvalue weighted by Crippen LogP contribution is -2.42. The van der Waals surface area contributed by atoms with E-state index in [0.29, 0.717) is 52.4 Å². The summed E-state index contributed by atoms with van der Waals surface area (Å²) >= 11 is 0. The molecule has 0 saturated heterocycles. The largest absolute Gasteiger partial charge is 0.497 e. The molecule has 0 unspecified atom stereocenters. The molecule has 0 spiro atoms. The summed E-state index contributed by atoms with van der Waals surface area (Å²) in [7, 11) is -0.468. The van der Waals surface area contributed by atoms with Crippen LogP contribution < -0.4 is 15.2 Å². The molecule has 0 aliphatic carbocycles. The Balaban J connectivity index is 1.81. The van der Waals surface area contributed by atoms with Crippen molar-refractivity contribution in [2.75, 3.05) is 25.2 Å². The smallest absolute Gasteiger partial charge is 0.265 e. The van der Waals surface area contributed by atoms with E-state index in [9.17, 15) is 4.79 Å². The van der Waals surface area contributed by atoms with Gasteiger partial charge >= 0.3 is 0 Å². The van der Waals surface area contributed by atoms with Crippen LogP contribution in [0.3, 0.4) is 0 Å². The van der Waals surface area contributed by atoms with Crippen molar-refractivity contribution in [2.45, 2.75) is 45.8 Å². The third-order valence-corrected chi connectivity index (χ3v) is 11.8. The van der Waals surface area contributed by atoms with Crippen molar-refractivity contribution in [2.24, 2.45) is 0 Å². The lowest BCUT2D eigenvalue weighted by Gasteiger charge is -2.37. The van der Waals surface area contributed by atoms with Crippen LogP contribution in [-0.2, 0) is 4.43 Å². The minimum atomic E-state index is -2.03. The van der Waals surface area contributed by atoms with Crippen LogP contribution in [0.4, 0.5) is 15.8 Å². The highest BCUT2D eigenvalue weighted by molar-refractivity contribution is 6.74. The predicted octanol–water partition coefficient (Wildman–Crippen LogP) is 6.40. The summed E-state index contributed by atoms with van der Waals surface area (Å²) in [6.07, 6.45) is 4.75. The third kappa shape index (κ3) is 5.49. The average Bonchev–Trinajstić information content (AvgIpc) is 2.88. The maximum atomic E-state index is 15.6. The molecule has 9 heteroatoms. The zero-order chi connectivity index (χ0) is 27.7. The van der Waals surface area contributed by atoms with Gasteiger partial charge in [0.05, 0.1) is 42.2 Å². The molecule has 0 aliphatic rings. The summed E-state index contributed by atoms with van der Waals surface area (Å²) in [4.78, 5) is 23.9. The second kappa shape index (κ2) is 10.7. The molecule has 0 N–H and O–H groups in total. The molecule has 0 bridgehead atoms. The summed E-state index contributed by atoms with van der Waals surface area (Å²) in [5.41, 5.74) is 2.42. The van der Waals surface area contributed by atoms with Crippen molar-refractivity contribution in [1.82, 2.24) is 14.5 Å². The van der Waals surface area contributed by atoms with E-state index in [4.69, 9.17) is 9.16 Å². The molecule has 2 heterocycles. The second-order valence-corrected chi connectivity index (χ2v) is 15.7. The van der Waals surface area contributed by atoms with Crippen LogP contribution in [0, 0.1) is 12.7 Å². The number of ether oxygens (including phenoxy) is 1. The van der Waals surface area contributed by atoms with Gasteiger partial charge in [0, 0.05) is 24.5 Å². The summed E-state index contributed by atoms with van der Waals surface area (Å²) < 4.78 is 28.9. The Morgan fingerprint density at radius 3 is 2.55 bits per heavy atom. The van der Waals surface area contributed by atoms with Gasteiger partial charge in [-0.25, -0.2) is 9.37 Å². The minimum Gasteiger partial charge on any atom is -0.497 e. The van der Waals surface area contributed by atoms with E-state index >= 15 is 4.39 Å². The van der Waals surface area contributed by atoms with Crippen LogP contribution in [0.15, 0.2) is 66.0 Å². The maximum absolute atomic E-state index is 15.6. The quantitative estimate of drug-likeness (QED) is 0.244. The molecule has 0 atom stereocenters. The first-order valence-electron chi connectivity index (χ1n) is 12.6. The number of anilines is 2. The van der Waals surface area contributed by atoms with E-state index in [2.05, 4.69) is 43.8 Å². The van der Waals surface area contributed by atoms with Crippen molar-refractivity contribution in [3.63, 3.8) is 0 Å². The Morgan fingerprint density at radius 2 is 1.89 bits per heavy atom. The number of fused-ring (bicyclic) bond motifs is 1. The monoisotopic (exact) mass is 534 g/mol. The van der Waals surface area contributed by atoms with Gasteiger partial charge < -0.3 is 14.1 Å². The van der Waals surface area contributed by atoms with Gasteiger partial charge in [0.25, 0.3) is 5.56 Å². The molecule has 200 valence electrons. The van der Waals surface area contributed by atoms with E-state index < -0.39 is 8.32 Å². The number of rotatable bonds is 8. The highest BCUT2D eigenvalue weighted by atomic mass is 28.4. The molecular formula is C29H35FN4O3Si. The van der Waals surface area contributed by atoms with E-state index in [0.717, 1.165) is 0 Å². The molecule has 4 rings (SSSR count). The van der Waals surface area contributed by atoms with Gasteiger partial charge in [0.1, 0.15) is 17.9 Å². The molecule has 7 nitrogen and oxygen atoms in total. The topological polar surface area (TPSA) is 69.5 Å². The Morgan fingerprint density at radius 1 is 1.13 bits per heavy atom. The highest BCUT2D eigenvalue weighted by Gasteiger charge is 2.37. The summed E-state index contributed by atoms with van der Waals surface area (Å²) in [5, 5.41) is 0.464. The maximum Gasteiger partial charge on any atom is 0.265 e. The SMILES string of the molecule is COc1cc(C)c(F)c(N(CCO[Si](C)(C)C(C)(C)C)c2ccc3ncn(-c4cccnc4)c(=O)c3c2)c1. The molecule has 38 heavy (non-hydrogen) atoms. The fraction of sp³-hybridized carbons (Fsp3) is 0.345. The number of aryl methyl sites for hydroxylation is 1. The molecule has 2 aromatic carbocycles. The van der Waals surface area contributed by atoms with Crippen LogP contribution >= 0.6 is 0 Å². The van der Waals surface area contributed by atoms with E-state index in [1.54, 1.807) is 62.8 Å². The van der Waals surface area contributed by atoms with Gasteiger partial charge in [-0.2, -0.15) is 0 Å². The molecule has 0 fully saturated rings. The fourth-order valence-electron chi connectivity index (χ4n) is 3.99. The van der Waals surface area contributed by atoms with E-state index in [1.165, 1.54) is 10.9 Å². The zero-order valence-corrected chi connectivity index (χ0v) is 24.1. The predicted molar refractivity (Wildman–Crippen MR) is 153 cm³/mol. The lowest BCUT2D eigenvalue weighted by atomic mass is 10.1. The number of halogens is 1. The van der Waals surface area contributed by atoms with Crippen LogP contribution in [-0.4, -0.2) is 43.1 Å². The Kier molecular flexibility index (Phi) is 7.71. The summed E-state index contributed by atoms with van der Waals surface area (Å²) in [6.45, 7) is 13.4. The van der Waals surface area contributed by atoms with Gasteiger partial charge in [-0.3, -0.25) is 14.3 Å². The molecule has 4 aromatic rings. The van der Waals surface area contributed by atoms with Gasteiger partial charge in [-0.1, -0.05) is 20.8 Å². The molecule has 0 amide bonds. The first-order chi connectivity index (χ1) is 17.9. The molecular weight excluding hydrogens is 499 g/mol. The van der Waals surface area contributed by atoms with Gasteiger partial charge in [0.2, 0.25) is 0 Å². The number of pyridine rings is 1. The van der Waals surface area contributed by atoms with Crippen LogP contribution in [0.5, 0.6) is 5.75 Å². The molecule has 0 saturated carbocycles. The summed E-state index contributed by atoms with van der Waals surface area (Å²) in [5.74, 6) is 0.202. The van der Waals surface area contributed by atoms with Gasteiger partial charge in [-0.15, -0.1) is 0 Å². The first-order valence-corrected chi connectivity index (χ1v) is 15.5. The standard InChI is InChI=1S/C29H35FN4O3Si/c1-20-15-23(36-5)17-26(27(20)30)33(13-14-37-38(6,7)29(2,3)4)21-10-11-25-24(16-21)28(35)34(19-32-25)22-9-8-12-31-18-22/h8-12,15-19H,13-14H2,1-7H3. The molecule has 0 aliphatic heterocycles. The number of aromatic nitrogens is 3. The van der Waals surface area contributed by atoms with E-state index in [-0.39, 0.29) is 16.4 Å². The first kappa shape index (κ1) is 27.5. The fourth-order valence-corrected chi connectivity index (χ4v) is 5.02. The second-order valence-electron chi connectivity index (χ2n) is 10.9. The Labute approximate surface area is 224 Å². The third-order valence-electron chi connectivity index (χ3n) is 7.30. The average molecular weight is 535 g/mol. The van der Waals surface area contributed by atoms with E-state index in [1.807, 2.05) is 11.0 Å². The van der Waals surface area contributed by atoms with Gasteiger partial charge in [-0.05, 0) is 67.0 Å². The number of hydrogen-bond acceptors (Lipinski definition) is 6. The molecule has 0 radical (unpaired) electrons. The minimum absolute atomic E-state index is 0.0433. The number of nitrogens with zero attached hydrogens (tertiary/aromatic N) is 4. The zero-order valence-electron chi connectivity index (χ0n) is 23.1. The summed E-state index contributed by atoms with van der Waals surface area (Å²) in [6, 6.07) is 12.3. The normalized spacial score (nSPS) is 12.1. The van der Waals surface area contributed by atoms with Crippen molar-refractivity contribution in [1.29, 1.82) is 0 Å². The van der Waals surface area contributed by atoms with Gasteiger partial charge in [0.15, 0.2) is 8.32 Å². The van der Waals surface area contributed by atoms with Crippen molar-refractivity contribution >= 4 is 30.6 Å². The van der Waals surface area contributed by atoms with Crippen LogP contribution in [0.25, 0.3) is 16.6 Å². The van der Waals surface area contributed by atoms with Crippen molar-refractivity contribution in [3.05, 3.63) is 82.9 Å². The van der Waals surface area contributed by atoms with Crippen molar-refractivity contribution < 1.29 is 13.6 Å². The number of benzene rings is 2. The Bertz CT molecular complexity index is 1500.